The van der Waals surface area contributed by atoms with Crippen molar-refractivity contribution in [1.82, 2.24) is 15.1 Å². The second-order valence-corrected chi connectivity index (χ2v) is 6.21. The highest BCUT2D eigenvalue weighted by atomic mass is 35.5. The molecule has 132 valence electrons. The van der Waals surface area contributed by atoms with Crippen LogP contribution in [0.25, 0.3) is 16.6 Å². The quantitative estimate of drug-likeness (QED) is 0.764. The van der Waals surface area contributed by atoms with Crippen LogP contribution in [0, 0.1) is 11.7 Å². The highest BCUT2D eigenvalue weighted by molar-refractivity contribution is 5.86. The smallest absolute Gasteiger partial charge is 0.241 e. The minimum Gasteiger partial charge on any atom is -0.476 e. The molecular formula is C19H21ClFN3O. The molecule has 6 heteroatoms. The van der Waals surface area contributed by atoms with Crippen molar-refractivity contribution in [3.05, 3.63) is 54.3 Å². The number of nitrogens with one attached hydrogen (secondary N) is 1. The lowest BCUT2D eigenvalue weighted by molar-refractivity contribution is 0.213. The number of aromatic nitrogens is 2. The molecule has 1 aromatic heterocycles. The van der Waals surface area contributed by atoms with E-state index in [4.69, 9.17) is 4.74 Å². The Hall–Kier alpha value is -2.11. The van der Waals surface area contributed by atoms with Gasteiger partial charge in [-0.3, -0.25) is 0 Å². The molecule has 1 saturated heterocycles. The molecule has 2 aromatic carbocycles. The van der Waals surface area contributed by atoms with Gasteiger partial charge in [-0.05, 0) is 43.7 Å². The van der Waals surface area contributed by atoms with Gasteiger partial charge in [0.15, 0.2) is 0 Å². The van der Waals surface area contributed by atoms with Gasteiger partial charge < -0.3 is 10.1 Å². The van der Waals surface area contributed by atoms with Crippen molar-refractivity contribution in [3.63, 3.8) is 0 Å². The average molecular weight is 362 g/mol. The predicted molar refractivity (Wildman–Crippen MR) is 99.4 cm³/mol. The third kappa shape index (κ3) is 3.62. The first-order chi connectivity index (χ1) is 11.8. The Kier molecular flexibility index (Phi) is 5.56. The van der Waals surface area contributed by atoms with E-state index >= 15 is 0 Å². The van der Waals surface area contributed by atoms with Crippen molar-refractivity contribution in [1.29, 1.82) is 0 Å². The Labute approximate surface area is 152 Å². The van der Waals surface area contributed by atoms with E-state index in [1.54, 1.807) is 16.8 Å². The first-order valence-corrected chi connectivity index (χ1v) is 8.39. The van der Waals surface area contributed by atoms with Gasteiger partial charge in [-0.1, -0.05) is 24.3 Å². The van der Waals surface area contributed by atoms with Crippen molar-refractivity contribution in [2.75, 3.05) is 19.7 Å². The second kappa shape index (κ2) is 7.85. The molecule has 1 fully saturated rings. The fraction of sp³-hybridized carbons (Fsp3) is 0.316. The summed E-state index contributed by atoms with van der Waals surface area (Å²) in [4.78, 5) is 0. The van der Waals surface area contributed by atoms with Crippen molar-refractivity contribution >= 4 is 23.3 Å². The van der Waals surface area contributed by atoms with Gasteiger partial charge in [0.2, 0.25) is 5.88 Å². The zero-order valence-electron chi connectivity index (χ0n) is 13.8. The topological polar surface area (TPSA) is 39.1 Å². The second-order valence-electron chi connectivity index (χ2n) is 6.21. The van der Waals surface area contributed by atoms with Gasteiger partial charge in [0.1, 0.15) is 11.5 Å². The number of nitrogens with zero attached hydrogens (tertiary/aromatic N) is 2. The van der Waals surface area contributed by atoms with E-state index in [1.807, 2.05) is 30.3 Å². The number of hydrogen-bond acceptors (Lipinski definition) is 3. The molecular weight excluding hydrogens is 341 g/mol. The highest BCUT2D eigenvalue weighted by Gasteiger charge is 2.18. The van der Waals surface area contributed by atoms with Crippen molar-refractivity contribution in [3.8, 4) is 11.6 Å². The number of halogens is 2. The number of hydrogen-bond donors (Lipinski definition) is 1. The van der Waals surface area contributed by atoms with Gasteiger partial charge >= 0.3 is 0 Å². The fourth-order valence-corrected chi connectivity index (χ4v) is 3.21. The van der Waals surface area contributed by atoms with Crippen LogP contribution in [0.4, 0.5) is 4.39 Å². The van der Waals surface area contributed by atoms with Crippen LogP contribution in [0.2, 0.25) is 0 Å². The Morgan fingerprint density at radius 3 is 2.76 bits per heavy atom. The summed E-state index contributed by atoms with van der Waals surface area (Å²) in [5.74, 6) is 0.768. The first kappa shape index (κ1) is 17.7. The summed E-state index contributed by atoms with van der Waals surface area (Å²) in [7, 11) is 0. The molecule has 1 aliphatic rings. The molecule has 1 aliphatic heterocycles. The molecule has 2 heterocycles. The minimum atomic E-state index is -0.297. The monoisotopic (exact) mass is 361 g/mol. The number of ether oxygens (including phenoxy) is 1. The summed E-state index contributed by atoms with van der Waals surface area (Å²) in [5, 5.41) is 8.84. The number of rotatable bonds is 4. The van der Waals surface area contributed by atoms with E-state index in [9.17, 15) is 4.39 Å². The first-order valence-electron chi connectivity index (χ1n) is 8.39. The van der Waals surface area contributed by atoms with Crippen molar-refractivity contribution in [2.45, 2.75) is 12.8 Å². The number of benzene rings is 2. The van der Waals surface area contributed by atoms with Crippen LogP contribution in [0.5, 0.6) is 5.88 Å². The maximum Gasteiger partial charge on any atom is 0.241 e. The van der Waals surface area contributed by atoms with Crippen LogP contribution in [0.3, 0.4) is 0 Å². The van der Waals surface area contributed by atoms with Crippen molar-refractivity contribution < 1.29 is 9.13 Å². The maximum absolute atomic E-state index is 14.2. The van der Waals surface area contributed by atoms with Crippen LogP contribution in [0.1, 0.15) is 12.8 Å². The third-order valence-corrected chi connectivity index (χ3v) is 4.49. The van der Waals surface area contributed by atoms with E-state index < -0.39 is 0 Å². The molecule has 0 saturated carbocycles. The maximum atomic E-state index is 14.2. The zero-order valence-corrected chi connectivity index (χ0v) is 14.6. The van der Waals surface area contributed by atoms with Gasteiger partial charge in [0, 0.05) is 12.5 Å². The number of piperidine rings is 1. The van der Waals surface area contributed by atoms with E-state index in [0.29, 0.717) is 24.1 Å². The molecule has 0 aliphatic carbocycles. The van der Waals surface area contributed by atoms with Gasteiger partial charge in [0.25, 0.3) is 0 Å². The molecule has 4 nitrogen and oxygen atoms in total. The van der Waals surface area contributed by atoms with E-state index in [0.717, 1.165) is 24.0 Å². The van der Waals surface area contributed by atoms with Crippen LogP contribution < -0.4 is 10.1 Å². The van der Waals surface area contributed by atoms with E-state index in [2.05, 4.69) is 10.4 Å². The SMILES string of the molecule is Cl.Fc1ccccc1-n1nc(OC[C@H]2CCCNC2)c2ccccc21. The highest BCUT2D eigenvalue weighted by Crippen LogP contribution is 2.28. The lowest BCUT2D eigenvalue weighted by atomic mass is 10.0. The lowest BCUT2D eigenvalue weighted by Crippen LogP contribution is -2.33. The summed E-state index contributed by atoms with van der Waals surface area (Å²) in [6.45, 7) is 2.69. The fourth-order valence-electron chi connectivity index (χ4n) is 3.21. The van der Waals surface area contributed by atoms with Gasteiger partial charge in [-0.25, -0.2) is 9.07 Å². The average Bonchev–Trinajstić information content (AvgIpc) is 3.00. The molecule has 0 spiro atoms. The molecule has 0 amide bonds. The molecule has 0 bridgehead atoms. The predicted octanol–water partition coefficient (Wildman–Crippen LogP) is 3.96. The Morgan fingerprint density at radius 1 is 1.16 bits per heavy atom. The zero-order chi connectivity index (χ0) is 16.4. The van der Waals surface area contributed by atoms with E-state index in [-0.39, 0.29) is 18.2 Å². The Morgan fingerprint density at radius 2 is 1.96 bits per heavy atom. The molecule has 4 rings (SSSR count). The molecule has 1 atom stereocenters. The van der Waals surface area contributed by atoms with Crippen LogP contribution in [0.15, 0.2) is 48.5 Å². The summed E-state index contributed by atoms with van der Waals surface area (Å²) < 4.78 is 21.8. The largest absolute Gasteiger partial charge is 0.476 e. The molecule has 0 radical (unpaired) electrons. The normalized spacial score (nSPS) is 17.2. The van der Waals surface area contributed by atoms with Gasteiger partial charge in [-0.15, -0.1) is 17.5 Å². The van der Waals surface area contributed by atoms with Gasteiger partial charge in [-0.2, -0.15) is 0 Å². The number of fused-ring (bicyclic) bond motifs is 1. The van der Waals surface area contributed by atoms with Crippen LogP contribution in [-0.2, 0) is 0 Å². The summed E-state index contributed by atoms with van der Waals surface area (Å²) in [6, 6.07) is 14.4. The molecule has 0 unspecified atom stereocenters. The number of para-hydroxylation sites is 2. The third-order valence-electron chi connectivity index (χ3n) is 4.49. The summed E-state index contributed by atoms with van der Waals surface area (Å²) >= 11 is 0. The van der Waals surface area contributed by atoms with Gasteiger partial charge in [0.05, 0.1) is 17.5 Å². The van der Waals surface area contributed by atoms with Crippen LogP contribution in [-0.4, -0.2) is 29.5 Å². The minimum absolute atomic E-state index is 0. The standard InChI is InChI=1S/C19H20FN3O.ClH/c20-16-8-2-4-10-18(16)23-17-9-3-1-7-15(17)19(22-23)24-13-14-6-5-11-21-12-14;/h1-4,7-10,14,21H,5-6,11-13H2;1H/t14-;/m0./s1. The lowest BCUT2D eigenvalue weighted by Gasteiger charge is -2.22. The molecule has 25 heavy (non-hydrogen) atoms. The Bertz CT molecular complexity index is 846. The van der Waals surface area contributed by atoms with E-state index in [1.165, 1.54) is 18.9 Å². The summed E-state index contributed by atoms with van der Waals surface area (Å²) in [6.07, 6.45) is 2.34. The molecule has 1 N–H and O–H groups in total. The van der Waals surface area contributed by atoms with Crippen LogP contribution >= 0.6 is 12.4 Å². The molecule has 3 aromatic rings. The van der Waals surface area contributed by atoms with Crippen molar-refractivity contribution in [2.24, 2.45) is 5.92 Å². The Balaban J connectivity index is 0.00000182. The summed E-state index contributed by atoms with van der Waals surface area (Å²) in [5.41, 5.74) is 1.28.